The van der Waals surface area contributed by atoms with E-state index in [9.17, 15) is 0 Å². The third kappa shape index (κ3) is 19.7. The molecule has 0 bridgehead atoms. The molecule has 0 fully saturated rings. The van der Waals surface area contributed by atoms with Crippen LogP contribution >= 0.6 is 0 Å². The van der Waals surface area contributed by atoms with E-state index >= 15 is 0 Å². The molecule has 0 saturated carbocycles. The van der Waals surface area contributed by atoms with Crippen LogP contribution in [0, 0.1) is 6.92 Å². The van der Waals surface area contributed by atoms with Gasteiger partial charge in [0.1, 0.15) is 0 Å². The molecule has 0 amide bonds. The number of rotatable bonds is 16. The zero-order valence-electron chi connectivity index (χ0n) is 14.6. The monoisotopic (exact) mass is 294 g/mol. The summed E-state index contributed by atoms with van der Waals surface area (Å²) in [4.78, 5) is 0. The summed E-state index contributed by atoms with van der Waals surface area (Å²) < 4.78 is 0. The molecule has 0 saturated heterocycles. The second-order valence-electron chi connectivity index (χ2n) is 6.49. The predicted octanol–water partition coefficient (Wildman–Crippen LogP) is 6.58. The molecule has 0 heterocycles. The Kier molecular flexibility index (Phi) is 17.5. The molecule has 1 nitrogen and oxygen atoms in total. The SMILES string of the molecule is [CH2]C(N)CCCCCCCC/C=C\CCCCCCCC. The second-order valence-corrected chi connectivity index (χ2v) is 6.49. The Morgan fingerprint density at radius 2 is 1.14 bits per heavy atom. The largest absolute Gasteiger partial charge is 0.328 e. The highest BCUT2D eigenvalue weighted by Crippen LogP contribution is 2.10. The minimum absolute atomic E-state index is 0.141. The van der Waals surface area contributed by atoms with Crippen molar-refractivity contribution in [2.75, 3.05) is 0 Å². The molecule has 0 aromatic carbocycles. The van der Waals surface area contributed by atoms with Crippen molar-refractivity contribution < 1.29 is 0 Å². The Balaban J connectivity index is 3.05. The fraction of sp³-hybridized carbons (Fsp3) is 0.850. The van der Waals surface area contributed by atoms with Gasteiger partial charge in [0, 0.05) is 6.04 Å². The van der Waals surface area contributed by atoms with Crippen molar-refractivity contribution in [3.05, 3.63) is 19.1 Å². The van der Waals surface area contributed by atoms with Crippen LogP contribution in [0.2, 0.25) is 0 Å². The Hall–Kier alpha value is -0.300. The van der Waals surface area contributed by atoms with Gasteiger partial charge in [0.05, 0.1) is 0 Å². The first-order valence-corrected chi connectivity index (χ1v) is 9.51. The molecule has 125 valence electrons. The Morgan fingerprint density at radius 3 is 1.62 bits per heavy atom. The van der Waals surface area contributed by atoms with Gasteiger partial charge in [-0.1, -0.05) is 83.3 Å². The predicted molar refractivity (Wildman–Crippen MR) is 97.4 cm³/mol. The third-order valence-corrected chi connectivity index (χ3v) is 4.09. The summed E-state index contributed by atoms with van der Waals surface area (Å²) in [7, 11) is 0. The summed E-state index contributed by atoms with van der Waals surface area (Å²) in [6.07, 6.45) is 25.0. The van der Waals surface area contributed by atoms with Crippen molar-refractivity contribution in [2.24, 2.45) is 5.73 Å². The first kappa shape index (κ1) is 20.7. The van der Waals surface area contributed by atoms with Gasteiger partial charge in [0.2, 0.25) is 0 Å². The van der Waals surface area contributed by atoms with E-state index < -0.39 is 0 Å². The number of nitrogens with two attached hydrogens (primary N) is 1. The lowest BCUT2D eigenvalue weighted by molar-refractivity contribution is 0.564. The van der Waals surface area contributed by atoms with Crippen molar-refractivity contribution in [1.29, 1.82) is 0 Å². The molecular weight excluding hydrogens is 254 g/mol. The molecule has 21 heavy (non-hydrogen) atoms. The maximum atomic E-state index is 5.63. The topological polar surface area (TPSA) is 26.0 Å². The van der Waals surface area contributed by atoms with E-state index in [0.29, 0.717) is 0 Å². The summed E-state index contributed by atoms with van der Waals surface area (Å²) in [6, 6.07) is 0.141. The molecule has 0 aromatic rings. The van der Waals surface area contributed by atoms with E-state index in [4.69, 9.17) is 5.73 Å². The van der Waals surface area contributed by atoms with E-state index in [1.807, 2.05) is 0 Å². The van der Waals surface area contributed by atoms with Gasteiger partial charge in [0.15, 0.2) is 0 Å². The van der Waals surface area contributed by atoms with Crippen LogP contribution in [0.3, 0.4) is 0 Å². The van der Waals surface area contributed by atoms with E-state index in [1.54, 1.807) is 0 Å². The van der Waals surface area contributed by atoms with Crippen molar-refractivity contribution in [2.45, 2.75) is 109 Å². The van der Waals surface area contributed by atoms with E-state index in [2.05, 4.69) is 26.0 Å². The van der Waals surface area contributed by atoms with Crippen molar-refractivity contribution >= 4 is 0 Å². The lowest BCUT2D eigenvalue weighted by Gasteiger charge is -2.04. The normalized spacial score (nSPS) is 13.1. The molecule has 0 aliphatic carbocycles. The van der Waals surface area contributed by atoms with Crippen LogP contribution in [-0.2, 0) is 0 Å². The van der Waals surface area contributed by atoms with Crippen molar-refractivity contribution in [3.8, 4) is 0 Å². The standard InChI is InChI=1S/C20H40N/c1-3-4-5-6-7-8-9-10-11-12-13-14-15-16-17-18-19-20(2)21/h10-11,20H,2-9,12-19,21H2,1H3/b11-10-. The molecule has 0 spiro atoms. The Bertz CT molecular complexity index is 208. The molecule has 1 radical (unpaired) electrons. The third-order valence-electron chi connectivity index (χ3n) is 4.09. The zero-order valence-corrected chi connectivity index (χ0v) is 14.6. The van der Waals surface area contributed by atoms with Crippen LogP contribution in [0.4, 0.5) is 0 Å². The maximum Gasteiger partial charge on any atom is 0.00394 e. The van der Waals surface area contributed by atoms with E-state index in [0.717, 1.165) is 6.42 Å². The van der Waals surface area contributed by atoms with Gasteiger partial charge < -0.3 is 5.73 Å². The van der Waals surface area contributed by atoms with Crippen LogP contribution < -0.4 is 5.73 Å². The summed E-state index contributed by atoms with van der Waals surface area (Å²) >= 11 is 0. The van der Waals surface area contributed by atoms with Gasteiger partial charge in [-0.3, -0.25) is 0 Å². The lowest BCUT2D eigenvalue weighted by atomic mass is 10.1. The smallest absolute Gasteiger partial charge is 0.00394 e. The van der Waals surface area contributed by atoms with Crippen LogP contribution in [0.25, 0.3) is 0 Å². The van der Waals surface area contributed by atoms with E-state index in [1.165, 1.54) is 89.9 Å². The van der Waals surface area contributed by atoms with Gasteiger partial charge in [-0.05, 0) is 39.0 Å². The van der Waals surface area contributed by atoms with Gasteiger partial charge >= 0.3 is 0 Å². The molecule has 0 aliphatic heterocycles. The lowest BCUT2D eigenvalue weighted by Crippen LogP contribution is -2.14. The van der Waals surface area contributed by atoms with Crippen molar-refractivity contribution in [1.82, 2.24) is 0 Å². The first-order chi connectivity index (χ1) is 10.3. The minimum atomic E-state index is 0.141. The molecule has 0 aromatic heterocycles. The summed E-state index contributed by atoms with van der Waals surface area (Å²) in [6.45, 7) is 6.09. The van der Waals surface area contributed by atoms with Gasteiger partial charge in [-0.15, -0.1) is 0 Å². The fourth-order valence-corrected chi connectivity index (χ4v) is 2.65. The fourth-order valence-electron chi connectivity index (χ4n) is 2.65. The van der Waals surface area contributed by atoms with Crippen LogP contribution in [-0.4, -0.2) is 6.04 Å². The molecule has 1 unspecified atom stereocenters. The molecule has 1 atom stereocenters. The molecule has 1 heteroatoms. The highest BCUT2D eigenvalue weighted by Gasteiger charge is 1.94. The zero-order chi connectivity index (χ0) is 15.6. The molecule has 0 aliphatic rings. The Morgan fingerprint density at radius 1 is 0.714 bits per heavy atom. The molecular formula is C20H40N. The quantitative estimate of drug-likeness (QED) is 0.253. The highest BCUT2D eigenvalue weighted by molar-refractivity contribution is 4.81. The molecule has 0 rings (SSSR count). The van der Waals surface area contributed by atoms with Crippen molar-refractivity contribution in [3.63, 3.8) is 0 Å². The van der Waals surface area contributed by atoms with Gasteiger partial charge in [0.25, 0.3) is 0 Å². The number of hydrogen-bond donors (Lipinski definition) is 1. The van der Waals surface area contributed by atoms with Crippen LogP contribution in [0.15, 0.2) is 12.2 Å². The van der Waals surface area contributed by atoms with Gasteiger partial charge in [-0.2, -0.15) is 0 Å². The summed E-state index contributed by atoms with van der Waals surface area (Å²) in [5.74, 6) is 0. The van der Waals surface area contributed by atoms with Crippen LogP contribution in [0.1, 0.15) is 103 Å². The maximum absolute atomic E-state index is 5.63. The Labute approximate surface area is 134 Å². The highest BCUT2D eigenvalue weighted by atomic mass is 14.6. The number of allylic oxidation sites excluding steroid dienone is 2. The first-order valence-electron chi connectivity index (χ1n) is 9.51. The molecule has 2 N–H and O–H groups in total. The average molecular weight is 295 g/mol. The van der Waals surface area contributed by atoms with Gasteiger partial charge in [-0.25, -0.2) is 0 Å². The number of hydrogen-bond acceptors (Lipinski definition) is 1. The van der Waals surface area contributed by atoms with E-state index in [-0.39, 0.29) is 6.04 Å². The average Bonchev–Trinajstić information content (AvgIpc) is 2.46. The van der Waals surface area contributed by atoms with Crippen LogP contribution in [0.5, 0.6) is 0 Å². The second kappa shape index (κ2) is 17.8. The minimum Gasteiger partial charge on any atom is -0.328 e. The number of unbranched alkanes of at least 4 members (excludes halogenated alkanes) is 12. The summed E-state index contributed by atoms with van der Waals surface area (Å²) in [5.41, 5.74) is 5.63. The summed E-state index contributed by atoms with van der Waals surface area (Å²) in [5, 5.41) is 0.